The van der Waals surface area contributed by atoms with Crippen molar-refractivity contribution in [3.8, 4) is 5.75 Å². The highest BCUT2D eigenvalue weighted by Crippen LogP contribution is 2.25. The van der Waals surface area contributed by atoms with Gasteiger partial charge in [-0.15, -0.1) is 0 Å². The average Bonchev–Trinajstić information content (AvgIpc) is 2.53. The van der Waals surface area contributed by atoms with Crippen LogP contribution < -0.4 is 20.7 Å². The Balaban J connectivity index is 2.71. The number of rotatable bonds is 9. The Morgan fingerprint density at radius 3 is 2.65 bits per heavy atom. The molecule has 0 aliphatic heterocycles. The third-order valence-electron chi connectivity index (χ3n) is 3.08. The molecule has 0 aliphatic rings. The van der Waals surface area contributed by atoms with Gasteiger partial charge in [0.15, 0.2) is 5.96 Å². The van der Waals surface area contributed by atoms with Gasteiger partial charge >= 0.3 is 6.61 Å². The molecule has 0 spiro atoms. The summed E-state index contributed by atoms with van der Waals surface area (Å²) in [5.74, 6) is 0.430. The maximum absolute atomic E-state index is 12.5. The van der Waals surface area contributed by atoms with Gasteiger partial charge in [-0.05, 0) is 39.0 Å². The van der Waals surface area contributed by atoms with E-state index in [-0.39, 0.29) is 24.2 Å². The summed E-state index contributed by atoms with van der Waals surface area (Å²) in [5.41, 5.74) is 0.438. The number of aliphatic imine (C=N–C) groups is 1. The van der Waals surface area contributed by atoms with Crippen LogP contribution in [0.1, 0.15) is 32.8 Å². The van der Waals surface area contributed by atoms with Gasteiger partial charge in [-0.2, -0.15) is 8.78 Å². The van der Waals surface area contributed by atoms with E-state index in [2.05, 4.69) is 25.7 Å². The van der Waals surface area contributed by atoms with Gasteiger partial charge < -0.3 is 20.7 Å². The number of halogens is 3. The van der Waals surface area contributed by atoms with Gasteiger partial charge in [-0.3, -0.25) is 4.79 Å². The van der Waals surface area contributed by atoms with Crippen LogP contribution in [0.3, 0.4) is 0 Å². The van der Waals surface area contributed by atoms with Crippen molar-refractivity contribution in [1.29, 1.82) is 0 Å². The predicted molar refractivity (Wildman–Crippen MR) is 98.8 cm³/mol. The molecule has 6 nitrogen and oxygen atoms in total. The first-order chi connectivity index (χ1) is 12.3. The first-order valence-corrected chi connectivity index (χ1v) is 8.74. The Kier molecular flexibility index (Phi) is 9.72. The first kappa shape index (κ1) is 22.0. The molecular formula is C17H25ClF2N4O2. The van der Waals surface area contributed by atoms with Gasteiger partial charge in [0.05, 0.1) is 6.54 Å². The van der Waals surface area contributed by atoms with Crippen LogP contribution in [-0.2, 0) is 11.3 Å². The van der Waals surface area contributed by atoms with Crippen LogP contribution in [0.2, 0.25) is 5.02 Å². The van der Waals surface area contributed by atoms with Gasteiger partial charge in [0, 0.05) is 36.1 Å². The smallest absolute Gasteiger partial charge is 0.387 e. The van der Waals surface area contributed by atoms with E-state index in [1.165, 1.54) is 18.2 Å². The maximum atomic E-state index is 12.5. The summed E-state index contributed by atoms with van der Waals surface area (Å²) in [6, 6.07) is 4.47. The molecular weight excluding hydrogens is 366 g/mol. The number of alkyl halides is 2. The van der Waals surface area contributed by atoms with E-state index in [9.17, 15) is 13.6 Å². The summed E-state index contributed by atoms with van der Waals surface area (Å²) in [7, 11) is 0. The van der Waals surface area contributed by atoms with Crippen LogP contribution in [0, 0.1) is 0 Å². The highest BCUT2D eigenvalue weighted by Gasteiger charge is 2.10. The molecule has 0 unspecified atom stereocenters. The molecule has 1 rings (SSSR count). The van der Waals surface area contributed by atoms with E-state index in [4.69, 9.17) is 11.6 Å². The zero-order valence-electron chi connectivity index (χ0n) is 15.1. The summed E-state index contributed by atoms with van der Waals surface area (Å²) < 4.78 is 29.5. The molecule has 9 heteroatoms. The van der Waals surface area contributed by atoms with Gasteiger partial charge in [0.2, 0.25) is 5.91 Å². The third kappa shape index (κ3) is 8.84. The molecule has 0 saturated carbocycles. The van der Waals surface area contributed by atoms with Gasteiger partial charge in [-0.25, -0.2) is 4.99 Å². The summed E-state index contributed by atoms with van der Waals surface area (Å²) in [4.78, 5) is 16.0. The molecule has 0 saturated heterocycles. The van der Waals surface area contributed by atoms with Crippen molar-refractivity contribution in [2.75, 3.05) is 13.1 Å². The van der Waals surface area contributed by atoms with Crippen LogP contribution >= 0.6 is 11.6 Å². The minimum absolute atomic E-state index is 0.0281. The van der Waals surface area contributed by atoms with Crippen molar-refractivity contribution in [1.82, 2.24) is 16.0 Å². The van der Waals surface area contributed by atoms with E-state index in [0.29, 0.717) is 36.1 Å². The van der Waals surface area contributed by atoms with Crippen LogP contribution in [0.15, 0.2) is 23.2 Å². The Labute approximate surface area is 157 Å². The quantitative estimate of drug-likeness (QED) is 0.447. The van der Waals surface area contributed by atoms with Gasteiger partial charge in [0.25, 0.3) is 0 Å². The van der Waals surface area contributed by atoms with Crippen molar-refractivity contribution in [3.63, 3.8) is 0 Å². The zero-order chi connectivity index (χ0) is 19.5. The lowest BCUT2D eigenvalue weighted by Gasteiger charge is -2.13. The number of amides is 1. The van der Waals surface area contributed by atoms with E-state index < -0.39 is 6.61 Å². The standard InChI is InChI=1S/C17H25ClF2N4O2/c1-4-21-17(22-8-7-15(25)24-11(2)3)23-10-12-9-13(18)5-6-14(12)26-16(19)20/h5-6,9,11,16H,4,7-8,10H2,1-3H3,(H,24,25)(H2,21,22,23). The number of nitrogens with zero attached hydrogens (tertiary/aromatic N) is 1. The lowest BCUT2D eigenvalue weighted by molar-refractivity contribution is -0.121. The number of guanidine groups is 1. The van der Waals surface area contributed by atoms with Crippen molar-refractivity contribution < 1.29 is 18.3 Å². The number of nitrogens with one attached hydrogen (secondary N) is 3. The van der Waals surface area contributed by atoms with E-state index >= 15 is 0 Å². The third-order valence-corrected chi connectivity index (χ3v) is 3.32. The number of hydrogen-bond donors (Lipinski definition) is 3. The SMILES string of the molecule is CCNC(=NCc1cc(Cl)ccc1OC(F)F)NCCC(=O)NC(C)C. The van der Waals surface area contributed by atoms with Crippen LogP contribution in [0.25, 0.3) is 0 Å². The number of benzene rings is 1. The normalized spacial score (nSPS) is 11.6. The molecule has 3 N–H and O–H groups in total. The summed E-state index contributed by atoms with van der Waals surface area (Å²) in [5, 5.41) is 9.25. The average molecular weight is 391 g/mol. The molecule has 0 bridgehead atoms. The zero-order valence-corrected chi connectivity index (χ0v) is 15.9. The lowest BCUT2D eigenvalue weighted by atomic mass is 10.2. The van der Waals surface area contributed by atoms with Crippen molar-refractivity contribution in [2.24, 2.45) is 4.99 Å². The minimum atomic E-state index is -2.93. The first-order valence-electron chi connectivity index (χ1n) is 8.36. The van der Waals surface area contributed by atoms with Crippen LogP contribution in [-0.4, -0.2) is 37.6 Å². The molecule has 0 heterocycles. The molecule has 1 aromatic carbocycles. The Morgan fingerprint density at radius 2 is 2.04 bits per heavy atom. The monoisotopic (exact) mass is 390 g/mol. The molecule has 0 aliphatic carbocycles. The molecule has 0 atom stereocenters. The molecule has 0 radical (unpaired) electrons. The molecule has 146 valence electrons. The molecule has 0 fully saturated rings. The molecule has 26 heavy (non-hydrogen) atoms. The number of carbonyl (C=O) groups excluding carboxylic acids is 1. The number of ether oxygens (including phenoxy) is 1. The van der Waals surface area contributed by atoms with Gasteiger partial charge in [0.1, 0.15) is 5.75 Å². The highest BCUT2D eigenvalue weighted by molar-refractivity contribution is 6.30. The largest absolute Gasteiger partial charge is 0.434 e. The van der Waals surface area contributed by atoms with Crippen LogP contribution in [0.4, 0.5) is 8.78 Å². The Bertz CT molecular complexity index is 612. The van der Waals surface area contributed by atoms with Crippen molar-refractivity contribution >= 4 is 23.5 Å². The maximum Gasteiger partial charge on any atom is 0.387 e. The van der Waals surface area contributed by atoms with E-state index in [1.807, 2.05) is 20.8 Å². The fraction of sp³-hybridized carbons (Fsp3) is 0.529. The lowest BCUT2D eigenvalue weighted by Crippen LogP contribution is -2.40. The second kappa shape index (κ2) is 11.5. The highest BCUT2D eigenvalue weighted by atomic mass is 35.5. The van der Waals surface area contributed by atoms with Gasteiger partial charge in [-0.1, -0.05) is 11.6 Å². The summed E-state index contributed by atoms with van der Waals surface area (Å²) in [6.45, 7) is 3.84. The Morgan fingerprint density at radius 1 is 1.31 bits per heavy atom. The number of carbonyl (C=O) groups is 1. The van der Waals surface area contributed by atoms with Crippen molar-refractivity contribution in [3.05, 3.63) is 28.8 Å². The van der Waals surface area contributed by atoms with E-state index in [0.717, 1.165) is 0 Å². The fourth-order valence-electron chi connectivity index (χ4n) is 2.08. The number of hydrogen-bond acceptors (Lipinski definition) is 3. The second-order valence-corrected chi connectivity index (χ2v) is 6.16. The predicted octanol–water partition coefficient (Wildman–Crippen LogP) is 2.91. The van der Waals surface area contributed by atoms with Crippen LogP contribution in [0.5, 0.6) is 5.75 Å². The topological polar surface area (TPSA) is 74.8 Å². The van der Waals surface area contributed by atoms with E-state index in [1.54, 1.807) is 0 Å². The summed E-state index contributed by atoms with van der Waals surface area (Å²) >= 11 is 5.92. The molecule has 0 aromatic heterocycles. The molecule has 1 amide bonds. The Hall–Kier alpha value is -2.09. The second-order valence-electron chi connectivity index (χ2n) is 5.72. The summed E-state index contributed by atoms with van der Waals surface area (Å²) in [6.07, 6.45) is 0.291. The molecule has 1 aromatic rings. The van der Waals surface area contributed by atoms with Crippen molar-refractivity contribution in [2.45, 2.75) is 46.4 Å². The minimum Gasteiger partial charge on any atom is -0.434 e. The fourth-order valence-corrected chi connectivity index (χ4v) is 2.27.